The van der Waals surface area contributed by atoms with Crippen molar-refractivity contribution in [2.24, 2.45) is 17.8 Å². The highest BCUT2D eigenvalue weighted by Gasteiger charge is 2.66. The average Bonchev–Trinajstić information content (AvgIpc) is 2.45. The third-order valence-electron chi connectivity index (χ3n) is 2.57. The van der Waals surface area contributed by atoms with Crippen molar-refractivity contribution >= 4 is 0 Å². The standard InChI is InChI=1S/C8H12/c1-4(2)6-7-5(3)8(6)7/h5,7-8H,1-3H3. The van der Waals surface area contributed by atoms with Crippen LogP contribution in [0.5, 0.6) is 0 Å². The van der Waals surface area contributed by atoms with E-state index in [1.807, 2.05) is 0 Å². The predicted molar refractivity (Wildman–Crippen MR) is 34.5 cm³/mol. The van der Waals surface area contributed by atoms with Crippen LogP contribution in [-0.2, 0) is 0 Å². The summed E-state index contributed by atoms with van der Waals surface area (Å²) in [5.41, 5.74) is 3.36. The van der Waals surface area contributed by atoms with Crippen LogP contribution in [0.25, 0.3) is 0 Å². The van der Waals surface area contributed by atoms with E-state index in [0.29, 0.717) is 0 Å². The van der Waals surface area contributed by atoms with Crippen molar-refractivity contribution < 1.29 is 0 Å². The molecular formula is C8H12. The molecule has 0 aromatic carbocycles. The van der Waals surface area contributed by atoms with Gasteiger partial charge in [-0.15, -0.1) is 0 Å². The molecule has 2 aliphatic rings. The minimum atomic E-state index is 1.06. The van der Waals surface area contributed by atoms with Crippen molar-refractivity contribution in [2.45, 2.75) is 20.8 Å². The molecule has 0 aromatic heterocycles. The molecule has 0 radical (unpaired) electrons. The lowest BCUT2D eigenvalue weighted by Crippen LogP contribution is -1.84. The van der Waals surface area contributed by atoms with Crippen LogP contribution in [0.15, 0.2) is 11.1 Å². The third kappa shape index (κ3) is 0.331. The maximum absolute atomic E-state index is 2.35. The maximum atomic E-state index is 2.35. The van der Waals surface area contributed by atoms with Crippen molar-refractivity contribution in [1.29, 1.82) is 0 Å². The Labute approximate surface area is 50.6 Å². The number of allylic oxidation sites excluding steroid dienone is 2. The molecular weight excluding hydrogens is 96.1 g/mol. The molecule has 0 heterocycles. The lowest BCUT2D eigenvalue weighted by molar-refractivity contribution is 0.770. The topological polar surface area (TPSA) is 0 Å². The zero-order chi connectivity index (χ0) is 5.89. The Morgan fingerprint density at radius 2 is 1.75 bits per heavy atom. The van der Waals surface area contributed by atoms with Crippen LogP contribution in [0, 0.1) is 17.8 Å². The minimum Gasteiger partial charge on any atom is -0.0766 e. The molecule has 2 unspecified atom stereocenters. The van der Waals surface area contributed by atoms with Gasteiger partial charge in [0.1, 0.15) is 0 Å². The van der Waals surface area contributed by atoms with E-state index in [2.05, 4.69) is 20.8 Å². The fourth-order valence-corrected chi connectivity index (χ4v) is 1.88. The number of rotatable bonds is 0. The third-order valence-corrected chi connectivity index (χ3v) is 2.57. The highest BCUT2D eigenvalue weighted by molar-refractivity contribution is 5.46. The van der Waals surface area contributed by atoms with Gasteiger partial charge in [0.25, 0.3) is 0 Å². The zero-order valence-corrected chi connectivity index (χ0v) is 5.73. The first-order valence-corrected chi connectivity index (χ1v) is 3.40. The second kappa shape index (κ2) is 1.02. The largest absolute Gasteiger partial charge is 0.0766 e. The van der Waals surface area contributed by atoms with E-state index in [0.717, 1.165) is 17.8 Å². The molecule has 0 nitrogen and oxygen atoms in total. The molecule has 2 rings (SSSR count). The minimum absolute atomic E-state index is 1.06. The highest BCUT2D eigenvalue weighted by Crippen LogP contribution is 2.73. The Morgan fingerprint density at radius 1 is 1.25 bits per heavy atom. The molecule has 0 saturated heterocycles. The first-order chi connectivity index (χ1) is 3.73. The highest BCUT2D eigenvalue weighted by atomic mass is 14.7. The second-order valence-corrected chi connectivity index (χ2v) is 3.37. The summed E-state index contributed by atoms with van der Waals surface area (Å²) in [5.74, 6) is 3.17. The van der Waals surface area contributed by atoms with Crippen molar-refractivity contribution in [1.82, 2.24) is 0 Å². The SMILES string of the molecule is CC(C)=C1C2C(C)C12. The van der Waals surface area contributed by atoms with Crippen LogP contribution in [0.2, 0.25) is 0 Å². The molecule has 44 valence electrons. The normalized spacial score (nSPS) is 48.4. The summed E-state index contributed by atoms with van der Waals surface area (Å²) in [6, 6.07) is 0. The summed E-state index contributed by atoms with van der Waals surface area (Å²) in [6.07, 6.45) is 0. The van der Waals surface area contributed by atoms with E-state index in [4.69, 9.17) is 0 Å². The molecule has 0 spiro atoms. The Balaban J connectivity index is 2.14. The number of hydrogen-bond acceptors (Lipinski definition) is 0. The van der Waals surface area contributed by atoms with E-state index in [-0.39, 0.29) is 0 Å². The lowest BCUT2D eigenvalue weighted by Gasteiger charge is -1.96. The van der Waals surface area contributed by atoms with Crippen molar-refractivity contribution in [3.8, 4) is 0 Å². The van der Waals surface area contributed by atoms with Crippen LogP contribution >= 0.6 is 0 Å². The van der Waals surface area contributed by atoms with Crippen LogP contribution in [-0.4, -0.2) is 0 Å². The summed E-state index contributed by atoms with van der Waals surface area (Å²) in [4.78, 5) is 0. The molecule has 2 fully saturated rings. The fourth-order valence-electron chi connectivity index (χ4n) is 1.88. The quantitative estimate of drug-likeness (QED) is 0.417. The Morgan fingerprint density at radius 3 is 1.88 bits per heavy atom. The first kappa shape index (κ1) is 4.60. The molecule has 0 amide bonds. The van der Waals surface area contributed by atoms with Gasteiger partial charge in [-0.3, -0.25) is 0 Å². The molecule has 0 bridgehead atoms. The Kier molecular flexibility index (Phi) is 0.588. The van der Waals surface area contributed by atoms with E-state index in [1.54, 1.807) is 11.1 Å². The van der Waals surface area contributed by atoms with Gasteiger partial charge in [0.15, 0.2) is 0 Å². The van der Waals surface area contributed by atoms with E-state index < -0.39 is 0 Å². The monoisotopic (exact) mass is 108 g/mol. The Hall–Kier alpha value is -0.260. The fraction of sp³-hybridized carbons (Fsp3) is 0.750. The number of fused-ring (bicyclic) bond motifs is 1. The predicted octanol–water partition coefficient (Wildman–Crippen LogP) is 2.22. The first-order valence-electron chi connectivity index (χ1n) is 3.40. The summed E-state index contributed by atoms with van der Waals surface area (Å²) in [5, 5.41) is 0. The van der Waals surface area contributed by atoms with Gasteiger partial charge >= 0.3 is 0 Å². The van der Waals surface area contributed by atoms with Crippen molar-refractivity contribution in [3.05, 3.63) is 11.1 Å². The van der Waals surface area contributed by atoms with E-state index in [9.17, 15) is 0 Å². The lowest BCUT2D eigenvalue weighted by atomic mass is 10.1. The molecule has 0 aromatic rings. The van der Waals surface area contributed by atoms with Gasteiger partial charge in [-0.05, 0) is 31.6 Å². The summed E-state index contributed by atoms with van der Waals surface area (Å²) in [6.45, 7) is 6.81. The number of hydrogen-bond donors (Lipinski definition) is 0. The second-order valence-electron chi connectivity index (χ2n) is 3.37. The van der Waals surface area contributed by atoms with Crippen LogP contribution < -0.4 is 0 Å². The maximum Gasteiger partial charge on any atom is -0.00974 e. The van der Waals surface area contributed by atoms with E-state index >= 15 is 0 Å². The summed E-state index contributed by atoms with van der Waals surface area (Å²) >= 11 is 0. The van der Waals surface area contributed by atoms with E-state index in [1.165, 1.54) is 0 Å². The zero-order valence-electron chi connectivity index (χ0n) is 5.73. The van der Waals surface area contributed by atoms with Crippen molar-refractivity contribution in [3.63, 3.8) is 0 Å². The molecule has 0 heteroatoms. The average molecular weight is 108 g/mol. The molecule has 0 aliphatic heterocycles. The summed E-state index contributed by atoms with van der Waals surface area (Å²) < 4.78 is 0. The van der Waals surface area contributed by atoms with Gasteiger partial charge in [-0.2, -0.15) is 0 Å². The molecule has 2 saturated carbocycles. The molecule has 2 aliphatic carbocycles. The van der Waals surface area contributed by atoms with Crippen LogP contribution in [0.3, 0.4) is 0 Å². The van der Waals surface area contributed by atoms with Gasteiger partial charge in [-0.25, -0.2) is 0 Å². The summed E-state index contributed by atoms with van der Waals surface area (Å²) in [7, 11) is 0. The molecule has 0 N–H and O–H groups in total. The van der Waals surface area contributed by atoms with Gasteiger partial charge < -0.3 is 0 Å². The van der Waals surface area contributed by atoms with Crippen LogP contribution in [0.4, 0.5) is 0 Å². The molecule has 2 atom stereocenters. The van der Waals surface area contributed by atoms with Gasteiger partial charge in [0.05, 0.1) is 0 Å². The van der Waals surface area contributed by atoms with Gasteiger partial charge in [-0.1, -0.05) is 18.1 Å². The van der Waals surface area contributed by atoms with Gasteiger partial charge in [0.2, 0.25) is 0 Å². The van der Waals surface area contributed by atoms with Gasteiger partial charge in [0, 0.05) is 0 Å². The van der Waals surface area contributed by atoms with Crippen LogP contribution in [0.1, 0.15) is 20.8 Å². The smallest absolute Gasteiger partial charge is 0.00974 e. The Bertz CT molecular complexity index is 149. The van der Waals surface area contributed by atoms with Crippen molar-refractivity contribution in [2.75, 3.05) is 0 Å². The molecule has 8 heavy (non-hydrogen) atoms.